The minimum atomic E-state index is -2.27. The maximum absolute atomic E-state index is 12.1. The lowest BCUT2D eigenvalue weighted by atomic mass is 10.2. The summed E-state index contributed by atoms with van der Waals surface area (Å²) in [7, 11) is -0.285. The van der Waals surface area contributed by atoms with Crippen molar-refractivity contribution in [3.05, 3.63) is 30.5 Å². The minimum Gasteiger partial charge on any atom is -0.377 e. The van der Waals surface area contributed by atoms with Crippen molar-refractivity contribution in [1.82, 2.24) is 9.55 Å². The summed E-state index contributed by atoms with van der Waals surface area (Å²) in [5, 5.41) is 0. The quantitative estimate of drug-likeness (QED) is 0.856. The van der Waals surface area contributed by atoms with Crippen LogP contribution in [0.5, 0.6) is 0 Å². The van der Waals surface area contributed by atoms with E-state index in [1.54, 1.807) is 12.5 Å². The van der Waals surface area contributed by atoms with Crippen molar-refractivity contribution < 1.29 is 8.95 Å². The van der Waals surface area contributed by atoms with Crippen LogP contribution in [0, 0.1) is 0 Å². The maximum Gasteiger partial charge on any atom is 0.164 e. The number of hydrogen-bond acceptors (Lipinski definition) is 5. The van der Waals surface area contributed by atoms with Gasteiger partial charge in [0.1, 0.15) is 0 Å². The van der Waals surface area contributed by atoms with Crippen LogP contribution in [0.4, 0.5) is 11.5 Å². The third-order valence-corrected chi connectivity index (χ3v) is 4.64. The van der Waals surface area contributed by atoms with Crippen LogP contribution in [0.2, 0.25) is 0 Å². The van der Waals surface area contributed by atoms with Crippen molar-refractivity contribution >= 4 is 21.2 Å². The Morgan fingerprint density at radius 1 is 1.38 bits per heavy atom. The number of hydrogen-bond donors (Lipinski definition) is 0. The van der Waals surface area contributed by atoms with E-state index in [1.165, 1.54) is 0 Å². The Kier molecular flexibility index (Phi) is 4.64. The van der Waals surface area contributed by atoms with Gasteiger partial charge in [-0.15, -0.1) is 0 Å². The summed E-state index contributed by atoms with van der Waals surface area (Å²) >= 11 is 0. The van der Waals surface area contributed by atoms with Crippen LogP contribution in [-0.4, -0.2) is 52.1 Å². The molecule has 6 nitrogen and oxygen atoms in total. The van der Waals surface area contributed by atoms with Crippen LogP contribution in [0.25, 0.3) is 11.4 Å². The van der Waals surface area contributed by atoms with E-state index in [2.05, 4.69) is 27.2 Å². The van der Waals surface area contributed by atoms with Gasteiger partial charge in [-0.2, -0.15) is 4.36 Å². The molecule has 2 aromatic rings. The fourth-order valence-electron chi connectivity index (χ4n) is 2.91. The molecule has 24 heavy (non-hydrogen) atoms. The predicted molar refractivity (Wildman–Crippen MR) is 98.3 cm³/mol. The first-order valence-corrected chi connectivity index (χ1v) is 10.3. The molecule has 0 N–H and O–H groups in total. The first-order chi connectivity index (χ1) is 11.3. The Balaban J connectivity index is 2.13. The van der Waals surface area contributed by atoms with Gasteiger partial charge in [0.05, 0.1) is 24.6 Å². The zero-order chi connectivity index (χ0) is 17.3. The van der Waals surface area contributed by atoms with Crippen molar-refractivity contribution in [2.24, 2.45) is 11.4 Å². The largest absolute Gasteiger partial charge is 0.377 e. The lowest BCUT2D eigenvalue weighted by Gasteiger charge is -2.35. The number of morpholine rings is 1. The zero-order valence-electron chi connectivity index (χ0n) is 14.6. The monoisotopic (exact) mass is 348 g/mol. The van der Waals surface area contributed by atoms with Crippen molar-refractivity contribution in [2.75, 3.05) is 37.2 Å². The summed E-state index contributed by atoms with van der Waals surface area (Å²) in [6, 6.07) is 8.28. The van der Waals surface area contributed by atoms with Gasteiger partial charge in [-0.1, -0.05) is 0 Å². The Morgan fingerprint density at radius 3 is 2.79 bits per heavy atom. The van der Waals surface area contributed by atoms with E-state index in [1.807, 2.05) is 36.0 Å². The van der Waals surface area contributed by atoms with Crippen molar-refractivity contribution in [3.63, 3.8) is 0 Å². The highest BCUT2D eigenvalue weighted by molar-refractivity contribution is 7.92. The zero-order valence-corrected chi connectivity index (χ0v) is 15.4. The highest BCUT2D eigenvalue weighted by Gasteiger charge is 2.21. The highest BCUT2D eigenvalue weighted by Crippen LogP contribution is 2.30. The van der Waals surface area contributed by atoms with Crippen molar-refractivity contribution in [2.45, 2.75) is 13.0 Å². The lowest BCUT2D eigenvalue weighted by molar-refractivity contribution is 0.0989. The van der Waals surface area contributed by atoms with Crippen LogP contribution >= 0.6 is 0 Å². The first-order valence-electron chi connectivity index (χ1n) is 7.99. The highest BCUT2D eigenvalue weighted by atomic mass is 32.2. The summed E-state index contributed by atoms with van der Waals surface area (Å²) in [5.41, 5.74) is 2.88. The summed E-state index contributed by atoms with van der Waals surface area (Å²) < 4.78 is 24.0. The molecule has 0 spiro atoms. The molecule has 2 aromatic heterocycles. The van der Waals surface area contributed by atoms with Gasteiger partial charge in [-0.25, -0.2) is 9.19 Å². The number of ether oxygens (including phenoxy) is 1. The number of nitrogens with zero attached hydrogens (tertiary/aromatic N) is 4. The molecular formula is C17H24N4O2S. The molecule has 1 fully saturated rings. The summed E-state index contributed by atoms with van der Waals surface area (Å²) in [4.78, 5) is 6.91. The van der Waals surface area contributed by atoms with Gasteiger partial charge in [-0.3, -0.25) is 0 Å². The summed E-state index contributed by atoms with van der Waals surface area (Å²) in [6.07, 6.45) is 5.24. The van der Waals surface area contributed by atoms with Crippen molar-refractivity contribution in [1.29, 1.82) is 0 Å². The molecule has 0 amide bonds. The molecule has 0 aliphatic carbocycles. The van der Waals surface area contributed by atoms with E-state index >= 15 is 0 Å². The Hall–Kier alpha value is -1.86. The van der Waals surface area contributed by atoms with Crippen LogP contribution in [-0.2, 0) is 21.5 Å². The van der Waals surface area contributed by atoms with Gasteiger partial charge >= 0.3 is 0 Å². The molecule has 1 atom stereocenters. The summed E-state index contributed by atoms with van der Waals surface area (Å²) in [6.45, 7) is 4.37. The van der Waals surface area contributed by atoms with Crippen LogP contribution in [0.3, 0.4) is 0 Å². The number of anilines is 1. The second-order valence-electron chi connectivity index (χ2n) is 6.46. The Morgan fingerprint density at radius 2 is 2.17 bits per heavy atom. The van der Waals surface area contributed by atoms with Gasteiger partial charge in [0.25, 0.3) is 0 Å². The van der Waals surface area contributed by atoms with Gasteiger partial charge in [0.15, 0.2) is 5.82 Å². The second kappa shape index (κ2) is 6.57. The predicted octanol–water partition coefficient (Wildman–Crippen LogP) is 2.67. The molecule has 0 saturated carbocycles. The third kappa shape index (κ3) is 3.79. The number of aryl methyl sites for hydroxylation is 1. The third-order valence-electron chi connectivity index (χ3n) is 4.02. The SMILES string of the molecule is C[C@@H]1COCCN1c1cc(N=S(C)(C)=O)nc(-c2cccn2C)c1. The first kappa shape index (κ1) is 17.0. The molecule has 3 rings (SSSR count). The molecule has 1 aliphatic heterocycles. The average molecular weight is 348 g/mol. The van der Waals surface area contributed by atoms with Gasteiger partial charge in [0.2, 0.25) is 0 Å². The number of pyridine rings is 1. The fourth-order valence-corrected chi connectivity index (χ4v) is 3.45. The molecule has 130 valence electrons. The van der Waals surface area contributed by atoms with Gasteiger partial charge in [0, 0.05) is 59.8 Å². The molecule has 7 heteroatoms. The van der Waals surface area contributed by atoms with E-state index in [0.29, 0.717) is 19.0 Å². The van der Waals surface area contributed by atoms with E-state index in [0.717, 1.165) is 23.6 Å². The van der Waals surface area contributed by atoms with E-state index in [-0.39, 0.29) is 6.04 Å². The normalized spacial score (nSPS) is 18.7. The van der Waals surface area contributed by atoms with Gasteiger partial charge in [-0.05, 0) is 25.1 Å². The lowest BCUT2D eigenvalue weighted by Crippen LogP contribution is -2.43. The van der Waals surface area contributed by atoms with Gasteiger partial charge < -0.3 is 14.2 Å². The topological polar surface area (TPSA) is 59.7 Å². The minimum absolute atomic E-state index is 0.280. The molecule has 0 radical (unpaired) electrons. The standard InChI is InChI=1S/C17H24N4O2S/c1-13-12-23-9-8-21(13)14-10-15(16-6-5-7-20(16)2)18-17(11-14)19-24(3,4)22/h5-7,10-11,13H,8-9,12H2,1-4H3/t13-/m1/s1. The molecule has 0 aromatic carbocycles. The van der Waals surface area contributed by atoms with Crippen molar-refractivity contribution in [3.8, 4) is 11.4 Å². The van der Waals surface area contributed by atoms with E-state index < -0.39 is 9.73 Å². The fraction of sp³-hybridized carbons (Fsp3) is 0.471. The molecular weight excluding hydrogens is 324 g/mol. The van der Waals surface area contributed by atoms with E-state index in [4.69, 9.17) is 4.74 Å². The molecule has 0 unspecified atom stereocenters. The molecule has 0 bridgehead atoms. The Bertz CT molecular complexity index is 844. The number of aromatic nitrogens is 2. The van der Waals surface area contributed by atoms with E-state index in [9.17, 15) is 4.21 Å². The summed E-state index contributed by atoms with van der Waals surface area (Å²) in [5.74, 6) is 0.511. The molecule has 3 heterocycles. The Labute approximate surface area is 143 Å². The van der Waals surface area contributed by atoms with Crippen LogP contribution in [0.15, 0.2) is 34.8 Å². The molecule has 1 saturated heterocycles. The smallest absolute Gasteiger partial charge is 0.164 e. The van der Waals surface area contributed by atoms with Crippen LogP contribution < -0.4 is 4.90 Å². The van der Waals surface area contributed by atoms with Crippen LogP contribution in [0.1, 0.15) is 6.92 Å². The molecule has 1 aliphatic rings. The second-order valence-corrected chi connectivity index (χ2v) is 9.01. The number of rotatable bonds is 3. The maximum atomic E-state index is 12.1. The average Bonchev–Trinajstić information content (AvgIpc) is 2.92.